The number of hydrogen-bond acceptors (Lipinski definition) is 8. The Morgan fingerprint density at radius 1 is 0.622 bits per heavy atom. The van der Waals surface area contributed by atoms with Crippen molar-refractivity contribution < 1.29 is 60.0 Å². The van der Waals surface area contributed by atoms with E-state index in [2.05, 4.69) is 10.1 Å². The molecule has 0 radical (unpaired) electrons. The zero-order valence-electron chi connectivity index (χ0n) is 20.3. The monoisotopic (exact) mass is 543 g/mol. The standard InChI is InChI=1S/C23H30F5NO8/c1-2-15(30)3-7-33-13-14-36-10-6-29-16(31)4-8-34-11-12-35-9-5-17(32)37-23-21(27)19(25)18(24)20(26)22(23)28/h2-14H2,1H3,(H,29,31). The molecule has 14 heteroatoms. The molecular formula is C23H30F5NO8. The van der Waals surface area contributed by atoms with Gasteiger partial charge in [0, 0.05) is 25.8 Å². The summed E-state index contributed by atoms with van der Waals surface area (Å²) < 4.78 is 91.1. The first kappa shape index (κ1) is 32.3. The average Bonchev–Trinajstić information content (AvgIpc) is 2.89. The van der Waals surface area contributed by atoms with Crippen LogP contribution in [0.15, 0.2) is 0 Å². The molecule has 1 N–H and O–H groups in total. The molecule has 1 aromatic rings. The Hall–Kier alpha value is -2.68. The first-order valence-electron chi connectivity index (χ1n) is 11.5. The van der Waals surface area contributed by atoms with E-state index in [9.17, 15) is 36.3 Å². The van der Waals surface area contributed by atoms with Gasteiger partial charge >= 0.3 is 5.97 Å². The molecule has 210 valence electrons. The van der Waals surface area contributed by atoms with Crippen LogP contribution in [0.1, 0.15) is 32.6 Å². The molecule has 1 rings (SSSR count). The van der Waals surface area contributed by atoms with E-state index in [0.29, 0.717) is 45.8 Å². The van der Waals surface area contributed by atoms with Crippen molar-refractivity contribution in [3.63, 3.8) is 0 Å². The van der Waals surface area contributed by atoms with Gasteiger partial charge in [0.25, 0.3) is 0 Å². The van der Waals surface area contributed by atoms with Gasteiger partial charge in [-0.1, -0.05) is 6.92 Å². The van der Waals surface area contributed by atoms with Gasteiger partial charge in [0.1, 0.15) is 5.78 Å². The van der Waals surface area contributed by atoms with Crippen molar-refractivity contribution in [3.05, 3.63) is 29.1 Å². The minimum atomic E-state index is -2.36. The van der Waals surface area contributed by atoms with E-state index in [0.717, 1.165) is 0 Å². The molecular weight excluding hydrogens is 513 g/mol. The molecule has 9 nitrogen and oxygen atoms in total. The Bertz CT molecular complexity index is 858. The maximum absolute atomic E-state index is 13.5. The van der Waals surface area contributed by atoms with Crippen LogP contribution in [-0.2, 0) is 33.3 Å². The zero-order chi connectivity index (χ0) is 27.6. The van der Waals surface area contributed by atoms with Gasteiger partial charge in [0.2, 0.25) is 40.7 Å². The number of carbonyl (C=O) groups excluding carboxylic acids is 3. The first-order chi connectivity index (χ1) is 17.7. The molecule has 0 aliphatic rings. The Morgan fingerprint density at radius 3 is 1.62 bits per heavy atom. The van der Waals surface area contributed by atoms with Crippen LogP contribution in [0, 0.1) is 29.1 Å². The number of rotatable bonds is 20. The van der Waals surface area contributed by atoms with Gasteiger partial charge in [-0.25, -0.2) is 13.2 Å². The third kappa shape index (κ3) is 12.9. The van der Waals surface area contributed by atoms with E-state index < -0.39 is 47.2 Å². The maximum Gasteiger partial charge on any atom is 0.313 e. The molecule has 1 aromatic carbocycles. The fourth-order valence-corrected chi connectivity index (χ4v) is 2.52. The van der Waals surface area contributed by atoms with E-state index in [4.69, 9.17) is 18.9 Å². The van der Waals surface area contributed by atoms with E-state index in [-0.39, 0.29) is 44.5 Å². The lowest BCUT2D eigenvalue weighted by atomic mass is 10.2. The van der Waals surface area contributed by atoms with E-state index in [1.54, 1.807) is 6.92 Å². The molecule has 1 amide bonds. The predicted molar refractivity (Wildman–Crippen MR) is 117 cm³/mol. The number of nitrogens with one attached hydrogen (secondary N) is 1. The molecule has 0 heterocycles. The Balaban J connectivity index is 2.00. The van der Waals surface area contributed by atoms with Crippen LogP contribution in [-0.4, -0.2) is 77.1 Å². The molecule has 0 aliphatic carbocycles. The molecule has 0 aliphatic heterocycles. The summed E-state index contributed by atoms with van der Waals surface area (Å²) in [5, 5.41) is 2.64. The fourth-order valence-electron chi connectivity index (χ4n) is 2.52. The van der Waals surface area contributed by atoms with Gasteiger partial charge in [-0.05, 0) is 0 Å². The molecule has 0 saturated carbocycles. The lowest BCUT2D eigenvalue weighted by Crippen LogP contribution is -2.28. The lowest BCUT2D eigenvalue weighted by molar-refractivity contribution is -0.136. The molecule has 0 fully saturated rings. The Kier molecular flexibility index (Phi) is 16.2. The van der Waals surface area contributed by atoms with Crippen LogP contribution in [0.2, 0.25) is 0 Å². The molecule has 0 saturated heterocycles. The predicted octanol–water partition coefficient (Wildman–Crippen LogP) is 2.62. The van der Waals surface area contributed by atoms with Gasteiger partial charge in [0.15, 0.2) is 0 Å². The van der Waals surface area contributed by atoms with E-state index in [1.807, 2.05) is 0 Å². The second-order valence-corrected chi connectivity index (χ2v) is 7.31. The van der Waals surface area contributed by atoms with Gasteiger partial charge in [-0.2, -0.15) is 8.78 Å². The number of carbonyl (C=O) groups is 3. The lowest BCUT2D eigenvalue weighted by Gasteiger charge is -2.09. The van der Waals surface area contributed by atoms with Crippen molar-refractivity contribution >= 4 is 17.7 Å². The van der Waals surface area contributed by atoms with Crippen LogP contribution >= 0.6 is 0 Å². The van der Waals surface area contributed by atoms with Gasteiger partial charge in [-0.3, -0.25) is 14.4 Å². The van der Waals surface area contributed by atoms with Crippen molar-refractivity contribution in [1.82, 2.24) is 5.32 Å². The van der Waals surface area contributed by atoms with Crippen molar-refractivity contribution in [3.8, 4) is 5.75 Å². The minimum Gasteiger partial charge on any atom is -0.420 e. The van der Waals surface area contributed by atoms with Gasteiger partial charge < -0.3 is 29.0 Å². The molecule has 0 aromatic heterocycles. The third-order valence-electron chi connectivity index (χ3n) is 4.54. The Morgan fingerprint density at radius 2 is 1.08 bits per heavy atom. The minimum absolute atomic E-state index is 0.0138. The summed E-state index contributed by atoms with van der Waals surface area (Å²) >= 11 is 0. The zero-order valence-corrected chi connectivity index (χ0v) is 20.3. The van der Waals surface area contributed by atoms with Crippen LogP contribution in [0.5, 0.6) is 5.75 Å². The Labute approximate surface area is 210 Å². The number of ketones is 1. The summed E-state index contributed by atoms with van der Waals surface area (Å²) in [4.78, 5) is 34.3. The number of hydrogen-bond donors (Lipinski definition) is 1. The third-order valence-corrected chi connectivity index (χ3v) is 4.54. The largest absolute Gasteiger partial charge is 0.420 e. The number of benzene rings is 1. The van der Waals surface area contributed by atoms with Crippen LogP contribution < -0.4 is 10.1 Å². The highest BCUT2D eigenvalue weighted by Crippen LogP contribution is 2.29. The molecule has 0 atom stereocenters. The SMILES string of the molecule is CCC(=O)CCOCCOCCNC(=O)CCOCCOCCC(=O)Oc1c(F)c(F)c(F)c(F)c1F. The summed E-state index contributed by atoms with van der Waals surface area (Å²) in [6.45, 7) is 3.37. The van der Waals surface area contributed by atoms with Gasteiger partial charge in [-0.15, -0.1) is 0 Å². The number of ether oxygens (including phenoxy) is 5. The van der Waals surface area contributed by atoms with Crippen LogP contribution in [0.3, 0.4) is 0 Å². The van der Waals surface area contributed by atoms with Crippen molar-refractivity contribution in [2.75, 3.05) is 59.4 Å². The van der Waals surface area contributed by atoms with Crippen molar-refractivity contribution in [2.45, 2.75) is 32.6 Å². The molecule has 0 unspecified atom stereocenters. The number of esters is 1. The van der Waals surface area contributed by atoms with Crippen molar-refractivity contribution in [1.29, 1.82) is 0 Å². The number of Topliss-reactive ketones (excluding diaryl/α,β-unsaturated/α-hetero) is 1. The highest BCUT2D eigenvalue weighted by molar-refractivity contribution is 5.78. The van der Waals surface area contributed by atoms with Gasteiger partial charge in [0.05, 0.1) is 59.3 Å². The summed E-state index contributed by atoms with van der Waals surface area (Å²) in [6.07, 6.45) is 0.435. The molecule has 37 heavy (non-hydrogen) atoms. The summed E-state index contributed by atoms with van der Waals surface area (Å²) in [5.74, 6) is -14.4. The highest BCUT2D eigenvalue weighted by Gasteiger charge is 2.28. The summed E-state index contributed by atoms with van der Waals surface area (Å²) in [5.41, 5.74) is 0. The first-order valence-corrected chi connectivity index (χ1v) is 11.5. The number of amides is 1. The van der Waals surface area contributed by atoms with Crippen LogP contribution in [0.4, 0.5) is 22.0 Å². The smallest absolute Gasteiger partial charge is 0.313 e. The average molecular weight is 543 g/mol. The highest BCUT2D eigenvalue weighted by atomic mass is 19.2. The maximum atomic E-state index is 13.5. The van der Waals surface area contributed by atoms with Crippen molar-refractivity contribution in [2.24, 2.45) is 0 Å². The summed E-state index contributed by atoms with van der Waals surface area (Å²) in [7, 11) is 0. The van der Waals surface area contributed by atoms with E-state index >= 15 is 0 Å². The summed E-state index contributed by atoms with van der Waals surface area (Å²) in [6, 6.07) is 0. The quantitative estimate of drug-likeness (QED) is 0.0668. The number of halogens is 5. The molecule has 0 bridgehead atoms. The normalized spacial score (nSPS) is 11.0. The van der Waals surface area contributed by atoms with Crippen LogP contribution in [0.25, 0.3) is 0 Å². The topological polar surface area (TPSA) is 109 Å². The fraction of sp³-hybridized carbons (Fsp3) is 0.609. The second-order valence-electron chi connectivity index (χ2n) is 7.31. The second kappa shape index (κ2) is 18.5. The molecule has 0 spiro atoms. The van der Waals surface area contributed by atoms with E-state index in [1.165, 1.54) is 0 Å².